The van der Waals surface area contributed by atoms with Gasteiger partial charge in [0.25, 0.3) is 11.6 Å². The Balaban J connectivity index is 2.07. The lowest BCUT2D eigenvalue weighted by Crippen LogP contribution is -2.16. The van der Waals surface area contributed by atoms with Crippen LogP contribution in [0.3, 0.4) is 0 Å². The molecule has 3 aromatic rings. The molecule has 0 radical (unpaired) electrons. The SMILES string of the molecule is CCOc1cccc2sc(=NC(=O)c3ccc([N+](=O)[O-])cc3)n(CC)c12. The number of benzene rings is 2. The number of aryl methyl sites for hydroxylation is 1. The summed E-state index contributed by atoms with van der Waals surface area (Å²) in [4.78, 5) is 27.5. The molecule has 0 unspecified atom stereocenters. The molecule has 0 saturated carbocycles. The van der Waals surface area contributed by atoms with E-state index in [1.807, 2.05) is 36.6 Å². The number of aromatic nitrogens is 1. The minimum atomic E-state index is -0.502. The van der Waals surface area contributed by atoms with Gasteiger partial charge in [0, 0.05) is 24.2 Å². The van der Waals surface area contributed by atoms with E-state index in [2.05, 4.69) is 4.99 Å². The Bertz CT molecular complexity index is 1030. The number of para-hydroxylation sites is 1. The maximum absolute atomic E-state index is 12.5. The molecule has 0 aliphatic heterocycles. The Morgan fingerprint density at radius 3 is 2.58 bits per heavy atom. The van der Waals surface area contributed by atoms with Gasteiger partial charge in [0.2, 0.25) is 0 Å². The largest absolute Gasteiger partial charge is 0.492 e. The summed E-state index contributed by atoms with van der Waals surface area (Å²) in [6.07, 6.45) is 0. The van der Waals surface area contributed by atoms with Crippen LogP contribution >= 0.6 is 11.3 Å². The Morgan fingerprint density at radius 1 is 1.23 bits per heavy atom. The Labute approximate surface area is 153 Å². The Hall–Kier alpha value is -3.00. The van der Waals surface area contributed by atoms with Crippen LogP contribution in [0.25, 0.3) is 10.2 Å². The fourth-order valence-electron chi connectivity index (χ4n) is 2.63. The zero-order chi connectivity index (χ0) is 18.7. The number of carbonyl (C=O) groups is 1. The molecule has 0 saturated heterocycles. The van der Waals surface area contributed by atoms with Crippen LogP contribution in [0.5, 0.6) is 5.75 Å². The average molecular weight is 371 g/mol. The predicted molar refractivity (Wildman–Crippen MR) is 99.6 cm³/mol. The molecule has 3 rings (SSSR count). The fraction of sp³-hybridized carbons (Fsp3) is 0.222. The monoisotopic (exact) mass is 371 g/mol. The summed E-state index contributed by atoms with van der Waals surface area (Å²) in [6, 6.07) is 11.2. The molecule has 0 fully saturated rings. The maximum atomic E-state index is 12.5. The second-order valence-electron chi connectivity index (χ2n) is 5.39. The standard InChI is InChI=1S/C18H17N3O4S/c1-3-20-16-14(25-4-2)6-5-7-15(16)26-18(20)19-17(22)12-8-10-13(11-9-12)21(23)24/h5-11H,3-4H2,1-2H3. The summed E-state index contributed by atoms with van der Waals surface area (Å²) in [7, 11) is 0. The summed E-state index contributed by atoms with van der Waals surface area (Å²) in [6.45, 7) is 5.08. The number of hydrogen-bond acceptors (Lipinski definition) is 5. The fourth-order valence-corrected chi connectivity index (χ4v) is 3.74. The molecular weight excluding hydrogens is 354 g/mol. The van der Waals surface area contributed by atoms with Gasteiger partial charge in [-0.05, 0) is 38.1 Å². The number of hydrogen-bond donors (Lipinski definition) is 0. The van der Waals surface area contributed by atoms with Crippen molar-refractivity contribution in [1.82, 2.24) is 4.57 Å². The highest BCUT2D eigenvalue weighted by Gasteiger charge is 2.13. The molecule has 0 aliphatic rings. The maximum Gasteiger partial charge on any atom is 0.279 e. The Kier molecular flexibility index (Phi) is 5.13. The lowest BCUT2D eigenvalue weighted by Gasteiger charge is -2.07. The van der Waals surface area contributed by atoms with E-state index >= 15 is 0 Å². The summed E-state index contributed by atoms with van der Waals surface area (Å²) in [5.41, 5.74) is 1.16. The molecule has 0 N–H and O–H groups in total. The van der Waals surface area contributed by atoms with Crippen LogP contribution < -0.4 is 9.54 Å². The third-order valence-corrected chi connectivity index (χ3v) is 4.85. The Morgan fingerprint density at radius 2 is 1.96 bits per heavy atom. The number of nitro benzene ring substituents is 1. The van der Waals surface area contributed by atoms with Crippen LogP contribution in [0.4, 0.5) is 5.69 Å². The minimum Gasteiger partial charge on any atom is -0.492 e. The second-order valence-corrected chi connectivity index (χ2v) is 6.39. The molecule has 7 nitrogen and oxygen atoms in total. The normalized spacial score (nSPS) is 11.7. The number of nitro groups is 1. The van der Waals surface area contributed by atoms with Gasteiger partial charge in [-0.25, -0.2) is 0 Å². The smallest absolute Gasteiger partial charge is 0.279 e. The number of amides is 1. The van der Waals surface area contributed by atoms with Gasteiger partial charge in [-0.1, -0.05) is 17.4 Å². The van der Waals surface area contributed by atoms with Gasteiger partial charge in [0.15, 0.2) is 4.80 Å². The van der Waals surface area contributed by atoms with Gasteiger partial charge < -0.3 is 9.30 Å². The molecule has 8 heteroatoms. The van der Waals surface area contributed by atoms with Crippen molar-refractivity contribution in [3.8, 4) is 5.75 Å². The number of ether oxygens (including phenoxy) is 1. The summed E-state index contributed by atoms with van der Waals surface area (Å²) in [5.74, 6) is 0.318. The molecule has 134 valence electrons. The van der Waals surface area contributed by atoms with Crippen LogP contribution in [0.15, 0.2) is 47.5 Å². The van der Waals surface area contributed by atoms with Gasteiger partial charge in [-0.3, -0.25) is 14.9 Å². The van der Waals surface area contributed by atoms with Crippen molar-refractivity contribution in [2.75, 3.05) is 6.61 Å². The molecule has 0 bridgehead atoms. The van der Waals surface area contributed by atoms with Crippen molar-refractivity contribution in [2.45, 2.75) is 20.4 Å². The van der Waals surface area contributed by atoms with E-state index < -0.39 is 10.8 Å². The first-order valence-electron chi connectivity index (χ1n) is 8.13. The number of thiazole rings is 1. The zero-order valence-corrected chi connectivity index (χ0v) is 15.2. The van der Waals surface area contributed by atoms with Crippen molar-refractivity contribution in [2.24, 2.45) is 4.99 Å². The second kappa shape index (κ2) is 7.49. The molecule has 0 aliphatic carbocycles. The highest BCUT2D eigenvalue weighted by molar-refractivity contribution is 7.16. The van der Waals surface area contributed by atoms with E-state index in [0.717, 1.165) is 16.0 Å². The van der Waals surface area contributed by atoms with E-state index in [-0.39, 0.29) is 5.69 Å². The summed E-state index contributed by atoms with van der Waals surface area (Å²) >= 11 is 1.41. The molecule has 1 heterocycles. The van der Waals surface area contributed by atoms with E-state index in [9.17, 15) is 14.9 Å². The average Bonchev–Trinajstić information content (AvgIpc) is 3.00. The van der Waals surface area contributed by atoms with E-state index in [0.29, 0.717) is 23.5 Å². The van der Waals surface area contributed by atoms with Crippen molar-refractivity contribution >= 4 is 33.1 Å². The third kappa shape index (κ3) is 3.36. The highest BCUT2D eigenvalue weighted by atomic mass is 32.1. The summed E-state index contributed by atoms with van der Waals surface area (Å²) < 4.78 is 8.61. The first-order chi connectivity index (χ1) is 12.5. The van der Waals surface area contributed by atoms with Crippen molar-refractivity contribution < 1.29 is 14.5 Å². The molecule has 2 aromatic carbocycles. The molecule has 0 spiro atoms. The molecular formula is C18H17N3O4S. The number of rotatable bonds is 5. The van der Waals surface area contributed by atoms with Crippen LogP contribution in [0.1, 0.15) is 24.2 Å². The van der Waals surface area contributed by atoms with E-state index in [4.69, 9.17) is 4.74 Å². The van der Waals surface area contributed by atoms with E-state index in [1.54, 1.807) is 0 Å². The van der Waals surface area contributed by atoms with Crippen molar-refractivity contribution in [3.05, 3.63) is 62.9 Å². The van der Waals surface area contributed by atoms with Crippen LogP contribution in [0.2, 0.25) is 0 Å². The van der Waals surface area contributed by atoms with Gasteiger partial charge in [-0.15, -0.1) is 0 Å². The first kappa shape index (κ1) is 17.8. The van der Waals surface area contributed by atoms with Crippen LogP contribution in [-0.4, -0.2) is 22.0 Å². The predicted octanol–water partition coefficient (Wildman–Crippen LogP) is 3.77. The van der Waals surface area contributed by atoms with Gasteiger partial charge >= 0.3 is 0 Å². The van der Waals surface area contributed by atoms with Crippen molar-refractivity contribution in [1.29, 1.82) is 0 Å². The number of carbonyl (C=O) groups excluding carboxylic acids is 1. The highest BCUT2D eigenvalue weighted by Crippen LogP contribution is 2.27. The van der Waals surface area contributed by atoms with Crippen LogP contribution in [0, 0.1) is 10.1 Å². The summed E-state index contributed by atoms with van der Waals surface area (Å²) in [5, 5.41) is 10.7. The molecule has 26 heavy (non-hydrogen) atoms. The van der Waals surface area contributed by atoms with Gasteiger partial charge in [0.05, 0.1) is 16.2 Å². The molecule has 0 atom stereocenters. The van der Waals surface area contributed by atoms with Gasteiger partial charge in [0.1, 0.15) is 11.3 Å². The topological polar surface area (TPSA) is 86.7 Å². The van der Waals surface area contributed by atoms with Crippen LogP contribution in [-0.2, 0) is 6.54 Å². The number of non-ortho nitro benzene ring substituents is 1. The lowest BCUT2D eigenvalue weighted by atomic mass is 10.2. The minimum absolute atomic E-state index is 0.0617. The van der Waals surface area contributed by atoms with E-state index in [1.165, 1.54) is 35.6 Å². The molecule has 1 aromatic heterocycles. The van der Waals surface area contributed by atoms with Crippen molar-refractivity contribution in [3.63, 3.8) is 0 Å². The van der Waals surface area contributed by atoms with Gasteiger partial charge in [-0.2, -0.15) is 4.99 Å². The third-order valence-electron chi connectivity index (χ3n) is 3.80. The quantitative estimate of drug-likeness (QED) is 0.504. The lowest BCUT2D eigenvalue weighted by molar-refractivity contribution is -0.384. The first-order valence-corrected chi connectivity index (χ1v) is 8.95. The molecule has 1 amide bonds. The number of nitrogens with zero attached hydrogens (tertiary/aromatic N) is 3. The zero-order valence-electron chi connectivity index (χ0n) is 14.3. The number of fused-ring (bicyclic) bond motifs is 1.